The molecule has 0 amide bonds. The number of benzene rings is 2. The van der Waals surface area contributed by atoms with E-state index in [1.54, 1.807) is 30.3 Å². The third-order valence-electron chi connectivity index (χ3n) is 2.46. The highest BCUT2D eigenvalue weighted by Gasteiger charge is 2.21. The van der Waals surface area contributed by atoms with E-state index in [9.17, 15) is 14.9 Å². The molecule has 0 saturated heterocycles. The second-order valence-corrected chi connectivity index (χ2v) is 3.64. The summed E-state index contributed by atoms with van der Waals surface area (Å²) in [6.45, 7) is 0. The van der Waals surface area contributed by atoms with E-state index in [0.29, 0.717) is 5.56 Å². The molecule has 0 unspecified atom stereocenters. The Labute approximate surface area is 108 Å². The van der Waals surface area contributed by atoms with Crippen LogP contribution in [0.15, 0.2) is 48.5 Å². The van der Waals surface area contributed by atoms with Crippen molar-refractivity contribution in [1.82, 2.24) is 0 Å². The van der Waals surface area contributed by atoms with Crippen molar-refractivity contribution in [1.29, 1.82) is 0 Å². The first-order valence-electron chi connectivity index (χ1n) is 5.33. The molecule has 0 aliphatic heterocycles. The Hall–Kier alpha value is -2.89. The van der Waals surface area contributed by atoms with Gasteiger partial charge in [0.15, 0.2) is 0 Å². The van der Waals surface area contributed by atoms with Crippen LogP contribution in [0, 0.1) is 10.1 Å². The number of rotatable bonds is 3. The molecule has 6 nitrogen and oxygen atoms in total. The summed E-state index contributed by atoms with van der Waals surface area (Å²) in [7, 11) is 0. The molecule has 0 aliphatic rings. The lowest BCUT2D eigenvalue weighted by Gasteiger charge is -2.08. The fraction of sp³-hybridized carbons (Fsp3) is 0. The zero-order valence-corrected chi connectivity index (χ0v) is 9.65. The van der Waals surface area contributed by atoms with Crippen LogP contribution in [0.4, 0.5) is 10.5 Å². The van der Waals surface area contributed by atoms with Crippen LogP contribution in [0.3, 0.4) is 0 Å². The SMILES string of the molecule is O=C(O)Oc1cccc([N+](=O)[O-])c1-c1ccccc1. The lowest BCUT2D eigenvalue weighted by atomic mass is 10.0. The maximum Gasteiger partial charge on any atom is 0.511 e. The van der Waals surface area contributed by atoms with Crippen molar-refractivity contribution >= 4 is 11.8 Å². The Bertz CT molecular complexity index is 624. The molecule has 0 bridgehead atoms. The minimum atomic E-state index is -1.52. The molecule has 0 saturated carbocycles. The number of nitro benzene ring substituents is 1. The van der Waals surface area contributed by atoms with Crippen molar-refractivity contribution in [2.24, 2.45) is 0 Å². The van der Waals surface area contributed by atoms with E-state index in [4.69, 9.17) is 5.11 Å². The van der Waals surface area contributed by atoms with Crippen molar-refractivity contribution < 1.29 is 19.6 Å². The van der Waals surface area contributed by atoms with Gasteiger partial charge in [-0.15, -0.1) is 0 Å². The highest BCUT2D eigenvalue weighted by atomic mass is 16.7. The number of ether oxygens (including phenoxy) is 1. The standard InChI is InChI=1S/C13H9NO5/c15-13(16)19-11-8-4-7-10(14(17)18)12(11)9-5-2-1-3-6-9/h1-8H,(H,15,16). The summed E-state index contributed by atoms with van der Waals surface area (Å²) in [5, 5.41) is 19.7. The Morgan fingerprint density at radius 2 is 1.79 bits per heavy atom. The third-order valence-corrected chi connectivity index (χ3v) is 2.46. The maximum absolute atomic E-state index is 11.0. The van der Waals surface area contributed by atoms with Gasteiger partial charge in [-0.2, -0.15) is 0 Å². The molecule has 0 aromatic heterocycles. The minimum Gasteiger partial charge on any atom is -0.449 e. The van der Waals surface area contributed by atoms with Gasteiger partial charge in [-0.25, -0.2) is 4.79 Å². The van der Waals surface area contributed by atoms with E-state index in [1.807, 2.05) is 0 Å². The zero-order valence-electron chi connectivity index (χ0n) is 9.65. The van der Waals surface area contributed by atoms with Crippen LogP contribution in [0.5, 0.6) is 5.75 Å². The van der Waals surface area contributed by atoms with Gasteiger partial charge in [-0.05, 0) is 11.6 Å². The number of nitrogens with zero attached hydrogens (tertiary/aromatic N) is 1. The largest absolute Gasteiger partial charge is 0.511 e. The second-order valence-electron chi connectivity index (χ2n) is 3.64. The molecule has 1 N–H and O–H groups in total. The summed E-state index contributed by atoms with van der Waals surface area (Å²) in [5.41, 5.74) is 0.464. The monoisotopic (exact) mass is 259 g/mol. The first kappa shape index (κ1) is 12.6. The Kier molecular flexibility index (Phi) is 3.42. The van der Waals surface area contributed by atoms with E-state index in [1.165, 1.54) is 18.2 Å². The van der Waals surface area contributed by atoms with Crippen molar-refractivity contribution in [2.75, 3.05) is 0 Å². The molecular weight excluding hydrogens is 250 g/mol. The smallest absolute Gasteiger partial charge is 0.449 e. The average molecular weight is 259 g/mol. The first-order chi connectivity index (χ1) is 9.09. The van der Waals surface area contributed by atoms with Gasteiger partial charge in [0.1, 0.15) is 11.3 Å². The number of carbonyl (C=O) groups is 1. The van der Waals surface area contributed by atoms with Gasteiger partial charge >= 0.3 is 6.16 Å². The third kappa shape index (κ3) is 2.68. The molecule has 2 aromatic carbocycles. The Balaban J connectivity index is 2.66. The van der Waals surface area contributed by atoms with E-state index in [0.717, 1.165) is 0 Å². The highest BCUT2D eigenvalue weighted by molar-refractivity contribution is 5.81. The molecule has 0 fully saturated rings. The van der Waals surface area contributed by atoms with Gasteiger partial charge in [0.05, 0.1) is 4.92 Å². The van der Waals surface area contributed by atoms with Crippen molar-refractivity contribution in [3.63, 3.8) is 0 Å². The molecule has 0 atom stereocenters. The predicted molar refractivity (Wildman–Crippen MR) is 67.2 cm³/mol. The van der Waals surface area contributed by atoms with Gasteiger partial charge in [0, 0.05) is 6.07 Å². The molecule has 2 aromatic rings. The molecule has 6 heteroatoms. The summed E-state index contributed by atoms with van der Waals surface area (Å²) in [5.74, 6) is -0.0621. The summed E-state index contributed by atoms with van der Waals surface area (Å²) in [6.07, 6.45) is -1.52. The van der Waals surface area contributed by atoms with E-state index in [2.05, 4.69) is 4.74 Å². The fourth-order valence-corrected chi connectivity index (χ4v) is 1.75. The fourth-order valence-electron chi connectivity index (χ4n) is 1.75. The molecule has 0 spiro atoms. The molecule has 0 aliphatic carbocycles. The quantitative estimate of drug-likeness (QED) is 0.395. The van der Waals surface area contributed by atoms with Crippen LogP contribution in [0.2, 0.25) is 0 Å². The van der Waals surface area contributed by atoms with Gasteiger partial charge in [-0.3, -0.25) is 10.1 Å². The van der Waals surface area contributed by atoms with Gasteiger partial charge in [-0.1, -0.05) is 36.4 Å². The summed E-state index contributed by atoms with van der Waals surface area (Å²) in [6, 6.07) is 12.5. The van der Waals surface area contributed by atoms with Gasteiger partial charge in [0.25, 0.3) is 5.69 Å². The van der Waals surface area contributed by atoms with Crippen LogP contribution in [0.1, 0.15) is 0 Å². The van der Waals surface area contributed by atoms with Gasteiger partial charge in [0.2, 0.25) is 0 Å². The van der Waals surface area contributed by atoms with Crippen LogP contribution < -0.4 is 4.74 Å². The van der Waals surface area contributed by atoms with Crippen LogP contribution in [0.25, 0.3) is 11.1 Å². The first-order valence-corrected chi connectivity index (χ1v) is 5.33. The number of nitro groups is 1. The molecule has 96 valence electrons. The van der Waals surface area contributed by atoms with Crippen molar-refractivity contribution in [3.8, 4) is 16.9 Å². The van der Waals surface area contributed by atoms with E-state index in [-0.39, 0.29) is 17.0 Å². The normalized spacial score (nSPS) is 9.89. The number of hydrogen-bond acceptors (Lipinski definition) is 4. The highest BCUT2D eigenvalue weighted by Crippen LogP contribution is 2.37. The predicted octanol–water partition coefficient (Wildman–Crippen LogP) is 3.32. The average Bonchev–Trinajstić information content (AvgIpc) is 2.38. The molecular formula is C13H9NO5. The van der Waals surface area contributed by atoms with E-state index >= 15 is 0 Å². The molecule has 19 heavy (non-hydrogen) atoms. The Morgan fingerprint density at radius 1 is 1.11 bits per heavy atom. The number of hydrogen-bond donors (Lipinski definition) is 1. The number of carboxylic acid groups (broad SMARTS) is 1. The second kappa shape index (κ2) is 5.18. The zero-order chi connectivity index (χ0) is 13.8. The molecule has 0 heterocycles. The Morgan fingerprint density at radius 3 is 2.37 bits per heavy atom. The molecule has 2 rings (SSSR count). The lowest BCUT2D eigenvalue weighted by molar-refractivity contribution is -0.384. The maximum atomic E-state index is 11.0. The van der Waals surface area contributed by atoms with Crippen LogP contribution in [-0.2, 0) is 0 Å². The lowest BCUT2D eigenvalue weighted by Crippen LogP contribution is -2.05. The summed E-state index contributed by atoms with van der Waals surface area (Å²) >= 11 is 0. The summed E-state index contributed by atoms with van der Waals surface area (Å²) < 4.78 is 4.60. The minimum absolute atomic E-state index is 0.0621. The van der Waals surface area contributed by atoms with E-state index < -0.39 is 11.1 Å². The molecule has 0 radical (unpaired) electrons. The van der Waals surface area contributed by atoms with Crippen LogP contribution >= 0.6 is 0 Å². The summed E-state index contributed by atoms with van der Waals surface area (Å²) in [4.78, 5) is 21.1. The van der Waals surface area contributed by atoms with Crippen molar-refractivity contribution in [3.05, 3.63) is 58.6 Å². The van der Waals surface area contributed by atoms with Crippen molar-refractivity contribution in [2.45, 2.75) is 0 Å². The van der Waals surface area contributed by atoms with Gasteiger partial charge < -0.3 is 9.84 Å². The van der Waals surface area contributed by atoms with Crippen LogP contribution in [-0.4, -0.2) is 16.2 Å². The topological polar surface area (TPSA) is 89.7 Å².